The zero-order valence-electron chi connectivity index (χ0n) is 12.9. The van der Waals surface area contributed by atoms with E-state index in [1.807, 2.05) is 14.0 Å². The van der Waals surface area contributed by atoms with Crippen LogP contribution >= 0.6 is 15.9 Å². The van der Waals surface area contributed by atoms with E-state index in [9.17, 15) is 13.6 Å². The average Bonchev–Trinajstić information content (AvgIpc) is 2.80. The van der Waals surface area contributed by atoms with Crippen molar-refractivity contribution in [2.75, 3.05) is 7.05 Å². The summed E-state index contributed by atoms with van der Waals surface area (Å²) in [5.41, 5.74) is 1.89. The minimum Gasteiger partial charge on any atom is -0.434 e. The van der Waals surface area contributed by atoms with Gasteiger partial charge in [0.2, 0.25) is 0 Å². The molecule has 0 atom stereocenters. The molecule has 0 spiro atoms. The van der Waals surface area contributed by atoms with Crippen LogP contribution in [-0.2, 0) is 13.6 Å². The molecule has 1 aromatic carbocycles. The van der Waals surface area contributed by atoms with Crippen molar-refractivity contribution in [1.82, 2.24) is 14.7 Å². The quantitative estimate of drug-likeness (QED) is 0.789. The standard InChI is InChI=1S/C15H16BrF2N3O2/c1-9-10(7-19-21(9)3)8-20(2)14(22)12-6-11(16)4-5-13(12)23-15(17)18/h4-7,15H,8H2,1-3H3. The van der Waals surface area contributed by atoms with Crippen molar-refractivity contribution in [2.45, 2.75) is 20.1 Å². The zero-order chi connectivity index (χ0) is 17.1. The number of carbonyl (C=O) groups excluding carboxylic acids is 1. The molecule has 2 aromatic rings. The Kier molecular flexibility index (Phi) is 5.35. The monoisotopic (exact) mass is 387 g/mol. The van der Waals surface area contributed by atoms with Crippen molar-refractivity contribution in [3.63, 3.8) is 0 Å². The van der Waals surface area contributed by atoms with E-state index in [0.717, 1.165) is 11.3 Å². The number of carbonyl (C=O) groups is 1. The van der Waals surface area contributed by atoms with Crippen LogP contribution in [0.2, 0.25) is 0 Å². The third kappa shape index (κ3) is 4.07. The summed E-state index contributed by atoms with van der Waals surface area (Å²) in [6.45, 7) is -0.780. The molecule has 2 rings (SSSR count). The van der Waals surface area contributed by atoms with E-state index in [2.05, 4.69) is 25.8 Å². The lowest BCUT2D eigenvalue weighted by Gasteiger charge is -2.19. The predicted molar refractivity (Wildman–Crippen MR) is 84.5 cm³/mol. The number of hydrogen-bond acceptors (Lipinski definition) is 3. The van der Waals surface area contributed by atoms with Gasteiger partial charge in [0.25, 0.3) is 5.91 Å². The number of benzene rings is 1. The molecule has 0 aliphatic heterocycles. The Bertz CT molecular complexity index is 719. The van der Waals surface area contributed by atoms with Crippen LogP contribution in [0.1, 0.15) is 21.6 Å². The van der Waals surface area contributed by atoms with E-state index in [1.54, 1.807) is 24.0 Å². The van der Waals surface area contributed by atoms with E-state index in [0.29, 0.717) is 11.0 Å². The summed E-state index contributed by atoms with van der Waals surface area (Å²) in [7, 11) is 3.41. The second kappa shape index (κ2) is 7.08. The summed E-state index contributed by atoms with van der Waals surface area (Å²) >= 11 is 3.23. The summed E-state index contributed by atoms with van der Waals surface area (Å²) in [5.74, 6) is -0.562. The first kappa shape index (κ1) is 17.4. The smallest absolute Gasteiger partial charge is 0.387 e. The van der Waals surface area contributed by atoms with Gasteiger partial charge in [0.15, 0.2) is 0 Å². The number of hydrogen-bond donors (Lipinski definition) is 0. The SMILES string of the molecule is Cc1c(CN(C)C(=O)c2cc(Br)ccc2OC(F)F)cnn1C. The fourth-order valence-corrected chi connectivity index (χ4v) is 2.46. The van der Waals surface area contributed by atoms with Crippen molar-refractivity contribution in [2.24, 2.45) is 7.05 Å². The topological polar surface area (TPSA) is 47.4 Å². The molecular formula is C15H16BrF2N3O2. The number of amides is 1. The van der Waals surface area contributed by atoms with Crippen molar-refractivity contribution in [3.05, 3.63) is 45.7 Å². The van der Waals surface area contributed by atoms with Gasteiger partial charge in [0.05, 0.1) is 11.8 Å². The Balaban J connectivity index is 2.25. The fourth-order valence-electron chi connectivity index (χ4n) is 2.10. The lowest BCUT2D eigenvalue weighted by atomic mass is 10.1. The van der Waals surface area contributed by atoms with Crippen LogP contribution in [0.3, 0.4) is 0 Å². The van der Waals surface area contributed by atoms with Crippen molar-refractivity contribution in [3.8, 4) is 5.75 Å². The van der Waals surface area contributed by atoms with Gasteiger partial charge >= 0.3 is 6.61 Å². The lowest BCUT2D eigenvalue weighted by molar-refractivity contribution is -0.0502. The van der Waals surface area contributed by atoms with Crippen LogP contribution in [0.5, 0.6) is 5.75 Å². The maximum absolute atomic E-state index is 12.6. The summed E-state index contributed by atoms with van der Waals surface area (Å²) in [5, 5.41) is 4.12. The fraction of sp³-hybridized carbons (Fsp3) is 0.333. The highest BCUT2D eigenvalue weighted by molar-refractivity contribution is 9.10. The molecule has 0 fully saturated rings. The van der Waals surface area contributed by atoms with E-state index in [-0.39, 0.29) is 11.3 Å². The molecule has 5 nitrogen and oxygen atoms in total. The van der Waals surface area contributed by atoms with Gasteiger partial charge in [-0.3, -0.25) is 9.48 Å². The molecule has 0 unspecified atom stereocenters. The first-order valence-electron chi connectivity index (χ1n) is 6.77. The summed E-state index contributed by atoms with van der Waals surface area (Å²) in [6.07, 6.45) is 1.68. The molecule has 0 aliphatic carbocycles. The van der Waals surface area contributed by atoms with Crippen LogP contribution < -0.4 is 4.74 Å². The molecule has 8 heteroatoms. The third-order valence-electron chi connectivity index (χ3n) is 3.48. The van der Waals surface area contributed by atoms with Gasteiger partial charge in [-0.2, -0.15) is 13.9 Å². The predicted octanol–water partition coefficient (Wildman–Crippen LogP) is 3.36. The zero-order valence-corrected chi connectivity index (χ0v) is 14.5. The molecular weight excluding hydrogens is 372 g/mol. The Morgan fingerprint density at radius 2 is 2.17 bits per heavy atom. The molecule has 0 bridgehead atoms. The van der Waals surface area contributed by atoms with E-state index in [4.69, 9.17) is 0 Å². The number of rotatable bonds is 5. The summed E-state index contributed by atoms with van der Waals surface area (Å²) in [4.78, 5) is 14.0. The maximum atomic E-state index is 12.6. The van der Waals surface area contributed by atoms with Gasteiger partial charge in [-0.25, -0.2) is 0 Å². The Labute approximate surface area is 141 Å². The summed E-state index contributed by atoms with van der Waals surface area (Å²) in [6, 6.07) is 4.35. The number of nitrogens with zero attached hydrogens (tertiary/aromatic N) is 3. The second-order valence-corrected chi connectivity index (χ2v) is 5.97. The van der Waals surface area contributed by atoms with Crippen LogP contribution in [0.25, 0.3) is 0 Å². The van der Waals surface area contributed by atoms with E-state index >= 15 is 0 Å². The van der Waals surface area contributed by atoms with Crippen molar-refractivity contribution in [1.29, 1.82) is 0 Å². The van der Waals surface area contributed by atoms with Gasteiger partial charge in [-0.15, -0.1) is 0 Å². The Hall–Kier alpha value is -1.96. The van der Waals surface area contributed by atoms with Gasteiger partial charge < -0.3 is 9.64 Å². The highest BCUT2D eigenvalue weighted by atomic mass is 79.9. The Morgan fingerprint density at radius 1 is 1.48 bits per heavy atom. The van der Waals surface area contributed by atoms with Crippen LogP contribution in [0, 0.1) is 6.92 Å². The minimum absolute atomic E-state index is 0.0729. The number of aromatic nitrogens is 2. The molecule has 0 aliphatic rings. The first-order chi connectivity index (χ1) is 10.8. The van der Waals surface area contributed by atoms with Gasteiger partial charge in [-0.05, 0) is 25.1 Å². The molecule has 1 aromatic heterocycles. The number of aryl methyl sites for hydroxylation is 1. The van der Waals surface area contributed by atoms with Crippen LogP contribution in [0.15, 0.2) is 28.9 Å². The summed E-state index contributed by atoms with van der Waals surface area (Å²) < 4.78 is 31.7. The van der Waals surface area contributed by atoms with Crippen molar-refractivity contribution < 1.29 is 18.3 Å². The minimum atomic E-state index is -2.99. The van der Waals surface area contributed by atoms with Gasteiger partial charge in [-0.1, -0.05) is 15.9 Å². The number of alkyl halides is 2. The second-order valence-electron chi connectivity index (χ2n) is 5.06. The molecule has 1 heterocycles. The first-order valence-corrected chi connectivity index (χ1v) is 7.56. The highest BCUT2D eigenvalue weighted by Crippen LogP contribution is 2.26. The Morgan fingerprint density at radius 3 is 2.74 bits per heavy atom. The lowest BCUT2D eigenvalue weighted by Crippen LogP contribution is -2.27. The maximum Gasteiger partial charge on any atom is 0.387 e. The van der Waals surface area contributed by atoms with Crippen molar-refractivity contribution >= 4 is 21.8 Å². The van der Waals surface area contributed by atoms with Gasteiger partial charge in [0.1, 0.15) is 5.75 Å². The van der Waals surface area contributed by atoms with E-state index in [1.165, 1.54) is 17.0 Å². The molecule has 124 valence electrons. The average molecular weight is 388 g/mol. The molecule has 1 amide bonds. The van der Waals surface area contributed by atoms with Crippen LogP contribution in [0.4, 0.5) is 8.78 Å². The third-order valence-corrected chi connectivity index (χ3v) is 3.97. The molecule has 0 radical (unpaired) electrons. The highest BCUT2D eigenvalue weighted by Gasteiger charge is 2.20. The normalized spacial score (nSPS) is 10.9. The van der Waals surface area contributed by atoms with E-state index < -0.39 is 12.5 Å². The van der Waals surface area contributed by atoms with Gasteiger partial charge in [0, 0.05) is 36.4 Å². The number of halogens is 3. The number of ether oxygens (including phenoxy) is 1. The molecule has 0 N–H and O–H groups in total. The van der Waals surface area contributed by atoms with Crippen LogP contribution in [-0.4, -0.2) is 34.2 Å². The largest absolute Gasteiger partial charge is 0.434 e. The molecule has 23 heavy (non-hydrogen) atoms. The molecule has 0 saturated carbocycles. The molecule has 0 saturated heterocycles.